The molecule has 0 amide bonds. The number of hydrogen-bond acceptors (Lipinski definition) is 3. The lowest BCUT2D eigenvalue weighted by Crippen LogP contribution is -2.37. The first-order chi connectivity index (χ1) is 12.0. The summed E-state index contributed by atoms with van der Waals surface area (Å²) in [6.07, 6.45) is 2.11. The Bertz CT molecular complexity index is 802. The Balaban J connectivity index is 1.83. The third-order valence-corrected chi connectivity index (χ3v) is 5.89. The molecule has 0 radical (unpaired) electrons. The Kier molecular flexibility index (Phi) is 5.46. The third-order valence-electron chi connectivity index (χ3n) is 4.42. The van der Waals surface area contributed by atoms with Crippen molar-refractivity contribution < 1.29 is 17.2 Å². The number of nitrogens with zero attached hydrogens (tertiary/aromatic N) is 1. The zero-order chi connectivity index (χ0) is 17.9. The van der Waals surface area contributed by atoms with Gasteiger partial charge in [0.1, 0.15) is 11.6 Å². The SMILES string of the molecule is O=S(=O)(NCC(c1ccccc1)N1CCCC1)c1c(F)cccc1F. The Morgan fingerprint density at radius 3 is 2.16 bits per heavy atom. The predicted octanol–water partition coefficient (Wildman–Crippen LogP) is 3.08. The monoisotopic (exact) mass is 366 g/mol. The van der Waals surface area contributed by atoms with E-state index in [0.29, 0.717) is 0 Å². The van der Waals surface area contributed by atoms with Gasteiger partial charge in [-0.2, -0.15) is 0 Å². The zero-order valence-corrected chi connectivity index (χ0v) is 14.5. The summed E-state index contributed by atoms with van der Waals surface area (Å²) in [5, 5.41) is 0. The Labute approximate surface area is 146 Å². The maximum absolute atomic E-state index is 13.8. The number of likely N-dealkylation sites (tertiary alicyclic amines) is 1. The fourth-order valence-corrected chi connectivity index (χ4v) is 4.36. The van der Waals surface area contributed by atoms with Crippen LogP contribution in [-0.2, 0) is 10.0 Å². The molecule has 2 aromatic rings. The van der Waals surface area contributed by atoms with Crippen LogP contribution in [0.25, 0.3) is 0 Å². The largest absolute Gasteiger partial charge is 0.295 e. The molecule has 1 fully saturated rings. The minimum Gasteiger partial charge on any atom is -0.295 e. The Hall–Kier alpha value is -1.83. The lowest BCUT2D eigenvalue weighted by molar-refractivity contribution is 0.246. The maximum atomic E-state index is 13.8. The van der Waals surface area contributed by atoms with Gasteiger partial charge in [-0.15, -0.1) is 0 Å². The minimum absolute atomic E-state index is 0.0557. The van der Waals surface area contributed by atoms with Crippen molar-refractivity contribution in [1.82, 2.24) is 9.62 Å². The Morgan fingerprint density at radius 1 is 0.960 bits per heavy atom. The van der Waals surface area contributed by atoms with Gasteiger partial charge in [-0.3, -0.25) is 4.90 Å². The van der Waals surface area contributed by atoms with Gasteiger partial charge < -0.3 is 0 Å². The standard InChI is InChI=1S/C18H20F2N2O2S/c19-15-9-6-10-16(20)18(15)25(23,24)21-13-17(22-11-4-5-12-22)14-7-2-1-3-8-14/h1-3,6-10,17,21H,4-5,11-13H2. The van der Waals surface area contributed by atoms with Crippen molar-refractivity contribution in [2.24, 2.45) is 0 Å². The van der Waals surface area contributed by atoms with Gasteiger partial charge >= 0.3 is 0 Å². The van der Waals surface area contributed by atoms with E-state index in [9.17, 15) is 17.2 Å². The summed E-state index contributed by atoms with van der Waals surface area (Å²) in [4.78, 5) is 1.26. The maximum Gasteiger partial charge on any atom is 0.246 e. The lowest BCUT2D eigenvalue weighted by atomic mass is 10.1. The van der Waals surface area contributed by atoms with Gasteiger partial charge in [0.25, 0.3) is 0 Å². The van der Waals surface area contributed by atoms with Crippen LogP contribution in [0.1, 0.15) is 24.4 Å². The molecule has 0 aromatic heterocycles. The molecule has 0 aliphatic carbocycles. The van der Waals surface area contributed by atoms with Crippen LogP contribution in [0.2, 0.25) is 0 Å². The van der Waals surface area contributed by atoms with E-state index in [-0.39, 0.29) is 12.6 Å². The highest BCUT2D eigenvalue weighted by Gasteiger charge is 2.28. The van der Waals surface area contributed by atoms with Gasteiger partial charge in [0.2, 0.25) is 10.0 Å². The van der Waals surface area contributed by atoms with Crippen molar-refractivity contribution in [2.75, 3.05) is 19.6 Å². The van der Waals surface area contributed by atoms with Crippen LogP contribution >= 0.6 is 0 Å². The van der Waals surface area contributed by atoms with Crippen LogP contribution in [-0.4, -0.2) is 33.0 Å². The summed E-state index contributed by atoms with van der Waals surface area (Å²) in [6, 6.07) is 12.4. The molecule has 1 atom stereocenters. The molecule has 1 aliphatic heterocycles. The van der Waals surface area contributed by atoms with Crippen molar-refractivity contribution in [3.8, 4) is 0 Å². The summed E-state index contributed by atoms with van der Waals surface area (Å²) in [6.45, 7) is 1.80. The number of sulfonamides is 1. The number of hydrogen-bond donors (Lipinski definition) is 1. The molecule has 134 valence electrons. The quantitative estimate of drug-likeness (QED) is 0.855. The zero-order valence-electron chi connectivity index (χ0n) is 13.7. The van der Waals surface area contributed by atoms with Crippen molar-refractivity contribution in [1.29, 1.82) is 0 Å². The fourth-order valence-electron chi connectivity index (χ4n) is 3.19. The molecular weight excluding hydrogens is 346 g/mol. The molecule has 25 heavy (non-hydrogen) atoms. The van der Waals surface area contributed by atoms with E-state index in [0.717, 1.165) is 49.7 Å². The second kappa shape index (κ2) is 7.59. The van der Waals surface area contributed by atoms with E-state index < -0.39 is 26.6 Å². The van der Waals surface area contributed by atoms with E-state index in [4.69, 9.17) is 0 Å². The summed E-state index contributed by atoms with van der Waals surface area (Å²) in [7, 11) is -4.28. The van der Waals surface area contributed by atoms with E-state index in [2.05, 4.69) is 9.62 Å². The van der Waals surface area contributed by atoms with E-state index in [1.165, 1.54) is 0 Å². The van der Waals surface area contributed by atoms with Crippen LogP contribution in [0.15, 0.2) is 53.4 Å². The first-order valence-corrected chi connectivity index (χ1v) is 9.70. The van der Waals surface area contributed by atoms with Gasteiger partial charge in [-0.05, 0) is 43.6 Å². The van der Waals surface area contributed by atoms with Gasteiger partial charge in [0.15, 0.2) is 4.90 Å². The first kappa shape index (κ1) is 18.0. The molecule has 1 N–H and O–H groups in total. The van der Waals surface area contributed by atoms with Gasteiger partial charge in [0.05, 0.1) is 0 Å². The molecule has 0 bridgehead atoms. The van der Waals surface area contributed by atoms with E-state index in [1.54, 1.807) is 0 Å². The average Bonchev–Trinajstić information content (AvgIpc) is 3.10. The molecule has 1 heterocycles. The highest BCUT2D eigenvalue weighted by molar-refractivity contribution is 7.89. The number of nitrogens with one attached hydrogen (secondary N) is 1. The molecular formula is C18H20F2N2O2S. The predicted molar refractivity (Wildman–Crippen MR) is 91.5 cm³/mol. The minimum atomic E-state index is -4.28. The number of rotatable bonds is 6. The molecule has 7 heteroatoms. The van der Waals surface area contributed by atoms with E-state index >= 15 is 0 Å². The average molecular weight is 366 g/mol. The van der Waals surface area contributed by atoms with Crippen LogP contribution in [0.4, 0.5) is 8.78 Å². The van der Waals surface area contributed by atoms with Crippen molar-refractivity contribution >= 4 is 10.0 Å². The van der Waals surface area contributed by atoms with Crippen molar-refractivity contribution in [2.45, 2.75) is 23.8 Å². The third kappa shape index (κ3) is 4.05. The second-order valence-corrected chi connectivity index (χ2v) is 7.78. The van der Waals surface area contributed by atoms with Crippen LogP contribution in [0, 0.1) is 11.6 Å². The highest BCUT2D eigenvalue weighted by Crippen LogP contribution is 2.25. The second-order valence-electron chi connectivity index (χ2n) is 6.07. The summed E-state index contributed by atoms with van der Waals surface area (Å²) in [5.41, 5.74) is 0.973. The summed E-state index contributed by atoms with van der Waals surface area (Å²) >= 11 is 0. The molecule has 1 unspecified atom stereocenters. The lowest BCUT2D eigenvalue weighted by Gasteiger charge is -2.28. The molecule has 1 aliphatic rings. The van der Waals surface area contributed by atoms with Gasteiger partial charge in [-0.1, -0.05) is 36.4 Å². The van der Waals surface area contributed by atoms with Crippen LogP contribution < -0.4 is 4.72 Å². The topological polar surface area (TPSA) is 49.4 Å². The summed E-state index contributed by atoms with van der Waals surface area (Å²) in [5.74, 6) is -2.19. The van der Waals surface area contributed by atoms with E-state index in [1.807, 2.05) is 30.3 Å². The van der Waals surface area contributed by atoms with Gasteiger partial charge in [0, 0.05) is 12.6 Å². The number of benzene rings is 2. The molecule has 0 saturated carbocycles. The van der Waals surface area contributed by atoms with Crippen molar-refractivity contribution in [3.63, 3.8) is 0 Å². The molecule has 3 rings (SSSR count). The molecule has 0 spiro atoms. The number of halogens is 2. The smallest absolute Gasteiger partial charge is 0.246 e. The fraction of sp³-hybridized carbons (Fsp3) is 0.333. The first-order valence-electron chi connectivity index (χ1n) is 8.22. The molecule has 2 aromatic carbocycles. The highest BCUT2D eigenvalue weighted by atomic mass is 32.2. The normalized spacial score (nSPS) is 16.9. The van der Waals surface area contributed by atoms with Crippen molar-refractivity contribution in [3.05, 3.63) is 65.7 Å². The molecule has 4 nitrogen and oxygen atoms in total. The van der Waals surface area contributed by atoms with Gasteiger partial charge in [-0.25, -0.2) is 21.9 Å². The Morgan fingerprint density at radius 2 is 1.56 bits per heavy atom. The van der Waals surface area contributed by atoms with Crippen LogP contribution in [0.5, 0.6) is 0 Å². The molecule has 1 saturated heterocycles. The van der Waals surface area contributed by atoms with Crippen LogP contribution in [0.3, 0.4) is 0 Å². The summed E-state index contributed by atoms with van der Waals surface area (Å²) < 4.78 is 54.9.